The largest absolute Gasteiger partial charge is 0.305 e. The Balaban J connectivity index is 1.96. The molecule has 0 saturated heterocycles. The summed E-state index contributed by atoms with van der Waals surface area (Å²) in [6.45, 7) is 5.20. The number of nitrogens with zero attached hydrogens (tertiary/aromatic N) is 1. The quantitative estimate of drug-likeness (QED) is 0.886. The van der Waals surface area contributed by atoms with Gasteiger partial charge < -0.3 is 5.32 Å². The highest BCUT2D eigenvalue weighted by molar-refractivity contribution is 9.10. The number of aromatic nitrogens is 1. The van der Waals surface area contributed by atoms with E-state index in [4.69, 9.17) is 0 Å². The molecule has 1 N–H and O–H groups in total. The smallest absolute Gasteiger partial charge is 0.0925 e. The maximum absolute atomic E-state index is 4.37. The van der Waals surface area contributed by atoms with Crippen LogP contribution >= 0.6 is 27.3 Å². The zero-order valence-corrected chi connectivity index (χ0v) is 13.0. The second-order valence-corrected chi connectivity index (χ2v) is 6.25. The Morgan fingerprint density at radius 1 is 1.39 bits per heavy atom. The van der Waals surface area contributed by atoms with E-state index in [1.807, 2.05) is 12.3 Å². The lowest BCUT2D eigenvalue weighted by Gasteiger charge is -2.14. The number of thiazole rings is 1. The number of rotatable bonds is 5. The summed E-state index contributed by atoms with van der Waals surface area (Å²) in [5, 5.41) is 4.74. The SMILES string of the molecule is CCc1ncc(CNC(C)c2ccccc2Br)s1. The molecule has 0 bridgehead atoms. The Morgan fingerprint density at radius 3 is 2.83 bits per heavy atom. The fraction of sp³-hybridized carbons (Fsp3) is 0.357. The van der Waals surface area contributed by atoms with Gasteiger partial charge >= 0.3 is 0 Å². The summed E-state index contributed by atoms with van der Waals surface area (Å²) in [6.07, 6.45) is 2.99. The summed E-state index contributed by atoms with van der Waals surface area (Å²) in [6, 6.07) is 8.66. The molecule has 1 atom stereocenters. The minimum Gasteiger partial charge on any atom is -0.305 e. The van der Waals surface area contributed by atoms with Gasteiger partial charge in [-0.25, -0.2) is 4.98 Å². The van der Waals surface area contributed by atoms with Crippen molar-refractivity contribution in [1.29, 1.82) is 0 Å². The van der Waals surface area contributed by atoms with E-state index in [1.54, 1.807) is 11.3 Å². The van der Waals surface area contributed by atoms with Crippen molar-refractivity contribution >= 4 is 27.3 Å². The Bertz CT molecular complexity index is 510. The highest BCUT2D eigenvalue weighted by Gasteiger charge is 2.08. The zero-order valence-electron chi connectivity index (χ0n) is 10.6. The lowest BCUT2D eigenvalue weighted by molar-refractivity contribution is 0.576. The molecule has 2 rings (SSSR count). The van der Waals surface area contributed by atoms with Gasteiger partial charge in [0.15, 0.2) is 0 Å². The number of benzene rings is 1. The molecule has 1 aromatic carbocycles. The van der Waals surface area contributed by atoms with Gasteiger partial charge in [-0.1, -0.05) is 41.1 Å². The van der Waals surface area contributed by atoms with Gasteiger partial charge in [-0.3, -0.25) is 0 Å². The van der Waals surface area contributed by atoms with E-state index in [2.05, 4.69) is 58.3 Å². The van der Waals surface area contributed by atoms with Crippen LogP contribution in [-0.4, -0.2) is 4.98 Å². The number of hydrogen-bond acceptors (Lipinski definition) is 3. The van der Waals surface area contributed by atoms with Gasteiger partial charge in [0.2, 0.25) is 0 Å². The minimum absolute atomic E-state index is 0.327. The molecule has 0 aliphatic rings. The number of aryl methyl sites for hydroxylation is 1. The van der Waals surface area contributed by atoms with Crippen LogP contribution in [-0.2, 0) is 13.0 Å². The summed E-state index contributed by atoms with van der Waals surface area (Å²) < 4.78 is 1.16. The zero-order chi connectivity index (χ0) is 13.0. The standard InChI is InChI=1S/C14H17BrN2S/c1-3-14-17-9-11(18-14)8-16-10(2)12-6-4-5-7-13(12)15/h4-7,9-10,16H,3,8H2,1-2H3. The molecular formula is C14H17BrN2S. The molecule has 0 aliphatic carbocycles. The first-order chi connectivity index (χ1) is 8.70. The van der Waals surface area contributed by atoms with Crippen LogP contribution in [0.25, 0.3) is 0 Å². The van der Waals surface area contributed by atoms with Gasteiger partial charge in [0.05, 0.1) is 5.01 Å². The Morgan fingerprint density at radius 2 is 2.17 bits per heavy atom. The van der Waals surface area contributed by atoms with E-state index < -0.39 is 0 Å². The van der Waals surface area contributed by atoms with Crippen LogP contribution in [0.15, 0.2) is 34.9 Å². The van der Waals surface area contributed by atoms with Crippen molar-refractivity contribution in [3.8, 4) is 0 Å². The third kappa shape index (κ3) is 3.40. The van der Waals surface area contributed by atoms with Crippen molar-refractivity contribution in [1.82, 2.24) is 10.3 Å². The lowest BCUT2D eigenvalue weighted by Crippen LogP contribution is -2.17. The van der Waals surface area contributed by atoms with Crippen LogP contribution in [0.1, 0.15) is 35.3 Å². The van der Waals surface area contributed by atoms with Crippen molar-refractivity contribution in [2.75, 3.05) is 0 Å². The molecule has 4 heteroatoms. The van der Waals surface area contributed by atoms with Gasteiger partial charge in [-0.05, 0) is 25.0 Å². The molecule has 1 heterocycles. The lowest BCUT2D eigenvalue weighted by atomic mass is 10.1. The van der Waals surface area contributed by atoms with E-state index in [1.165, 1.54) is 15.4 Å². The van der Waals surface area contributed by atoms with E-state index in [9.17, 15) is 0 Å². The monoisotopic (exact) mass is 324 g/mol. The average Bonchev–Trinajstić information content (AvgIpc) is 2.84. The second-order valence-electron chi connectivity index (χ2n) is 4.20. The average molecular weight is 325 g/mol. The van der Waals surface area contributed by atoms with Gasteiger partial charge in [-0.15, -0.1) is 11.3 Å². The number of hydrogen-bond donors (Lipinski definition) is 1. The fourth-order valence-electron chi connectivity index (χ4n) is 1.78. The van der Waals surface area contributed by atoms with Gasteiger partial charge in [0.25, 0.3) is 0 Å². The van der Waals surface area contributed by atoms with E-state index in [-0.39, 0.29) is 0 Å². The Hall–Kier alpha value is -0.710. The van der Waals surface area contributed by atoms with Crippen LogP contribution in [0, 0.1) is 0 Å². The van der Waals surface area contributed by atoms with E-state index in [0.29, 0.717) is 6.04 Å². The van der Waals surface area contributed by atoms with Crippen molar-refractivity contribution in [2.45, 2.75) is 32.9 Å². The predicted molar refractivity (Wildman–Crippen MR) is 80.9 cm³/mol. The second kappa shape index (κ2) is 6.45. The molecule has 0 aliphatic heterocycles. The summed E-state index contributed by atoms with van der Waals surface area (Å²) in [4.78, 5) is 5.67. The Labute approximate surface area is 121 Å². The van der Waals surface area contributed by atoms with Crippen molar-refractivity contribution in [3.63, 3.8) is 0 Å². The first-order valence-electron chi connectivity index (χ1n) is 6.12. The number of nitrogens with one attached hydrogen (secondary N) is 1. The molecule has 0 amide bonds. The molecule has 0 fully saturated rings. The van der Waals surface area contributed by atoms with Crippen molar-refractivity contribution < 1.29 is 0 Å². The van der Waals surface area contributed by atoms with Crippen LogP contribution in [0.3, 0.4) is 0 Å². The third-order valence-corrected chi connectivity index (χ3v) is 4.72. The molecule has 1 aromatic heterocycles. The maximum atomic E-state index is 4.37. The van der Waals surface area contributed by atoms with Crippen molar-refractivity contribution in [2.24, 2.45) is 0 Å². The van der Waals surface area contributed by atoms with Gasteiger partial charge in [0.1, 0.15) is 0 Å². The predicted octanol–water partition coefficient (Wildman–Crippen LogP) is 4.32. The molecular weight excluding hydrogens is 308 g/mol. The molecule has 0 radical (unpaired) electrons. The minimum atomic E-state index is 0.327. The fourth-order valence-corrected chi connectivity index (χ4v) is 3.22. The summed E-state index contributed by atoms with van der Waals surface area (Å²) in [5.41, 5.74) is 1.29. The molecule has 2 aromatic rings. The molecule has 18 heavy (non-hydrogen) atoms. The van der Waals surface area contributed by atoms with Crippen molar-refractivity contribution in [3.05, 3.63) is 50.4 Å². The summed E-state index contributed by atoms with van der Waals surface area (Å²) in [5.74, 6) is 0. The summed E-state index contributed by atoms with van der Waals surface area (Å²) >= 11 is 5.38. The van der Waals surface area contributed by atoms with Gasteiger partial charge in [-0.2, -0.15) is 0 Å². The van der Waals surface area contributed by atoms with Crippen LogP contribution in [0.2, 0.25) is 0 Å². The highest BCUT2D eigenvalue weighted by Crippen LogP contribution is 2.23. The molecule has 1 unspecified atom stereocenters. The number of halogens is 1. The van der Waals surface area contributed by atoms with Crippen LogP contribution in [0.5, 0.6) is 0 Å². The van der Waals surface area contributed by atoms with Crippen LogP contribution in [0.4, 0.5) is 0 Å². The van der Waals surface area contributed by atoms with Gasteiger partial charge in [0, 0.05) is 28.1 Å². The molecule has 0 spiro atoms. The van der Waals surface area contributed by atoms with E-state index in [0.717, 1.165) is 17.4 Å². The Kier molecular flexibility index (Phi) is 4.92. The normalized spacial score (nSPS) is 12.6. The van der Waals surface area contributed by atoms with E-state index >= 15 is 0 Å². The summed E-state index contributed by atoms with van der Waals surface area (Å²) in [7, 11) is 0. The first kappa shape index (κ1) is 13.7. The maximum Gasteiger partial charge on any atom is 0.0925 e. The molecule has 0 saturated carbocycles. The third-order valence-electron chi connectivity index (χ3n) is 2.86. The highest BCUT2D eigenvalue weighted by atomic mass is 79.9. The topological polar surface area (TPSA) is 24.9 Å². The van der Waals surface area contributed by atoms with Crippen LogP contribution < -0.4 is 5.32 Å². The molecule has 2 nitrogen and oxygen atoms in total. The first-order valence-corrected chi connectivity index (χ1v) is 7.73. The molecule has 96 valence electrons.